The van der Waals surface area contributed by atoms with Crippen LogP contribution in [0.25, 0.3) is 10.9 Å². The maximum Gasteiger partial charge on any atom is 0.573 e. The molecule has 0 atom stereocenters. The number of hydrogen-bond acceptors (Lipinski definition) is 5. The first-order chi connectivity index (χ1) is 12.5. The van der Waals surface area contributed by atoms with E-state index in [4.69, 9.17) is 0 Å². The van der Waals surface area contributed by atoms with Gasteiger partial charge in [0, 0.05) is 5.39 Å². The number of halogens is 3. The van der Waals surface area contributed by atoms with E-state index >= 15 is 0 Å². The summed E-state index contributed by atoms with van der Waals surface area (Å²) in [5.41, 5.74) is 0.394. The minimum absolute atomic E-state index is 0.0202. The van der Waals surface area contributed by atoms with Crippen LogP contribution >= 0.6 is 0 Å². The van der Waals surface area contributed by atoms with Gasteiger partial charge in [-0.25, -0.2) is 12.4 Å². The van der Waals surface area contributed by atoms with Crippen molar-refractivity contribution < 1.29 is 36.4 Å². The van der Waals surface area contributed by atoms with Crippen LogP contribution in [0, 0.1) is 6.92 Å². The third kappa shape index (κ3) is 3.80. The Morgan fingerprint density at radius 1 is 1.04 bits per heavy atom. The molecule has 0 unspecified atom stereocenters. The molecule has 2 N–H and O–H groups in total. The second-order valence-electron chi connectivity index (χ2n) is 5.79. The highest BCUT2D eigenvalue weighted by atomic mass is 32.2. The van der Waals surface area contributed by atoms with Crippen molar-refractivity contribution in [3.8, 4) is 5.75 Å². The summed E-state index contributed by atoms with van der Waals surface area (Å²) in [5.74, 6) is -0.557. The lowest BCUT2D eigenvalue weighted by Gasteiger charge is -2.12. The number of nitrogens with zero attached hydrogens (tertiary/aromatic N) is 1. The largest absolute Gasteiger partial charge is 0.573 e. The molecule has 27 heavy (non-hydrogen) atoms. The lowest BCUT2D eigenvalue weighted by molar-refractivity contribution is -0.274. The van der Waals surface area contributed by atoms with Gasteiger partial charge < -0.3 is 14.8 Å². The summed E-state index contributed by atoms with van der Waals surface area (Å²) in [6.45, 7) is 1.77. The third-order valence-electron chi connectivity index (χ3n) is 3.81. The second kappa shape index (κ2) is 6.59. The van der Waals surface area contributed by atoms with Crippen LogP contribution in [0.4, 0.5) is 13.2 Å². The molecule has 11 heteroatoms. The van der Waals surface area contributed by atoms with Crippen molar-refractivity contribution in [2.24, 2.45) is 0 Å². The van der Waals surface area contributed by atoms with E-state index in [9.17, 15) is 31.6 Å². The number of alkyl halides is 3. The van der Waals surface area contributed by atoms with Gasteiger partial charge in [0.2, 0.25) is 0 Å². The molecule has 1 heterocycles. The van der Waals surface area contributed by atoms with Gasteiger partial charge >= 0.3 is 13.5 Å². The zero-order valence-electron chi connectivity index (χ0n) is 13.8. The smallest absolute Gasteiger partial charge is 0.422 e. The van der Waals surface area contributed by atoms with Crippen LogP contribution in [-0.2, 0) is 10.0 Å². The average molecular weight is 399 g/mol. The first-order valence-electron chi connectivity index (χ1n) is 7.58. The van der Waals surface area contributed by atoms with E-state index in [1.54, 1.807) is 19.1 Å². The molecule has 0 aliphatic heterocycles. The number of ether oxygens (including phenoxy) is 1. The number of aromatic nitrogens is 1. The topological polar surface area (TPSA) is 88.8 Å². The third-order valence-corrected chi connectivity index (χ3v) is 5.57. The molecule has 0 aliphatic carbocycles. The second-order valence-corrected chi connectivity index (χ2v) is 7.58. The highest BCUT2D eigenvalue weighted by Crippen LogP contribution is 2.28. The molecule has 0 spiro atoms. The van der Waals surface area contributed by atoms with Crippen molar-refractivity contribution in [1.82, 2.24) is 3.97 Å². The van der Waals surface area contributed by atoms with Gasteiger partial charge in [-0.2, -0.15) is 0 Å². The molecule has 1 aromatic heterocycles. The predicted molar refractivity (Wildman–Crippen MR) is 92.2 cm³/mol. The number of hydrogen-bond donors (Lipinski definition) is 2. The first kappa shape index (κ1) is 19.3. The molecule has 3 aromatic rings. The van der Waals surface area contributed by atoms with E-state index < -0.39 is 34.8 Å². The molecule has 0 saturated heterocycles. The zero-order chi connectivity index (χ0) is 20.0. The van der Waals surface area contributed by atoms with Crippen LogP contribution in [0.15, 0.2) is 53.4 Å². The predicted octanol–water partition coefficient (Wildman–Crippen LogP) is 1.77. The average Bonchev–Trinajstić information content (AvgIpc) is 2.93. The van der Waals surface area contributed by atoms with Gasteiger partial charge in [0.05, 0.1) is 16.0 Å². The fraction of sp³-hybridized carbons (Fsp3) is 0.125. The minimum Gasteiger partial charge on any atom is -0.422 e. The summed E-state index contributed by atoms with van der Waals surface area (Å²) in [4.78, 5) is -0.108. The molecule has 0 bridgehead atoms. The Morgan fingerprint density at radius 3 is 2.22 bits per heavy atom. The monoisotopic (exact) mass is 399 g/mol. The Labute approximate surface area is 152 Å². The fourth-order valence-corrected chi connectivity index (χ4v) is 4.19. The SMILES string of the molecule is Cc1ccc(S(=O)(=O)n2c(B(O)O)cc3cc(OC(F)(F)F)ccc32)cc1. The summed E-state index contributed by atoms with van der Waals surface area (Å²) < 4.78 is 67.7. The molecule has 2 aromatic carbocycles. The van der Waals surface area contributed by atoms with E-state index in [1.807, 2.05) is 0 Å². The molecular weight excluding hydrogens is 386 g/mol. The molecule has 0 amide bonds. The van der Waals surface area contributed by atoms with Crippen LogP contribution in [0.2, 0.25) is 0 Å². The van der Waals surface area contributed by atoms with Crippen molar-refractivity contribution in [2.45, 2.75) is 18.2 Å². The fourth-order valence-electron chi connectivity index (χ4n) is 2.65. The van der Waals surface area contributed by atoms with Gasteiger partial charge in [0.15, 0.2) is 0 Å². The molecule has 0 aliphatic rings. The summed E-state index contributed by atoms with van der Waals surface area (Å²) in [5, 5.41) is 19.2. The summed E-state index contributed by atoms with van der Waals surface area (Å²) >= 11 is 0. The van der Waals surface area contributed by atoms with Crippen LogP contribution in [-0.4, -0.2) is 35.9 Å². The summed E-state index contributed by atoms with van der Waals surface area (Å²) in [6, 6.07) is 9.95. The van der Waals surface area contributed by atoms with E-state index in [1.165, 1.54) is 12.1 Å². The van der Waals surface area contributed by atoms with E-state index in [0.717, 1.165) is 29.8 Å². The molecule has 0 saturated carbocycles. The summed E-state index contributed by atoms with van der Waals surface area (Å²) in [6.07, 6.45) is -4.91. The van der Waals surface area contributed by atoms with Crippen molar-refractivity contribution in [2.75, 3.05) is 0 Å². The Morgan fingerprint density at radius 2 is 1.67 bits per heavy atom. The number of rotatable bonds is 4. The van der Waals surface area contributed by atoms with Gasteiger partial charge in [-0.05, 0) is 43.3 Å². The lowest BCUT2D eigenvalue weighted by Crippen LogP contribution is -2.38. The van der Waals surface area contributed by atoms with Gasteiger partial charge in [-0.15, -0.1) is 13.2 Å². The molecule has 0 radical (unpaired) electrons. The Bertz CT molecular complexity index is 1090. The maximum atomic E-state index is 13.0. The minimum atomic E-state index is -4.91. The standard InChI is InChI=1S/C16H13BF3NO5S/c1-10-2-5-13(6-3-10)27(24,25)21-14-7-4-12(26-16(18,19)20)8-11(14)9-15(21)17(22)23/h2-9,22-23H,1H3. The molecule has 6 nitrogen and oxygen atoms in total. The van der Waals surface area contributed by atoms with E-state index in [2.05, 4.69) is 4.74 Å². The Kier molecular flexibility index (Phi) is 4.70. The molecule has 142 valence electrons. The number of aryl methyl sites for hydroxylation is 1. The number of benzene rings is 2. The quantitative estimate of drug-likeness (QED) is 0.653. The van der Waals surface area contributed by atoms with E-state index in [-0.39, 0.29) is 15.8 Å². The van der Waals surface area contributed by atoms with Crippen molar-refractivity contribution in [3.63, 3.8) is 0 Å². The first-order valence-corrected chi connectivity index (χ1v) is 9.02. The van der Waals surface area contributed by atoms with Crippen LogP contribution in [0.3, 0.4) is 0 Å². The molecule has 0 fully saturated rings. The van der Waals surface area contributed by atoms with Gasteiger partial charge in [0.1, 0.15) is 5.75 Å². The van der Waals surface area contributed by atoms with E-state index in [0.29, 0.717) is 3.97 Å². The van der Waals surface area contributed by atoms with Crippen LogP contribution in [0.1, 0.15) is 5.56 Å². The maximum absolute atomic E-state index is 13.0. The Hall–Kier alpha value is -2.50. The van der Waals surface area contributed by atoms with Gasteiger partial charge in [-0.3, -0.25) is 0 Å². The highest BCUT2D eigenvalue weighted by molar-refractivity contribution is 7.90. The lowest BCUT2D eigenvalue weighted by atomic mass is 9.86. The van der Waals surface area contributed by atoms with Gasteiger partial charge in [0.25, 0.3) is 10.0 Å². The van der Waals surface area contributed by atoms with Crippen molar-refractivity contribution in [3.05, 3.63) is 54.1 Å². The van der Waals surface area contributed by atoms with Crippen molar-refractivity contribution in [1.29, 1.82) is 0 Å². The van der Waals surface area contributed by atoms with Crippen molar-refractivity contribution >= 4 is 33.6 Å². The Balaban J connectivity index is 2.22. The zero-order valence-corrected chi connectivity index (χ0v) is 14.6. The molecule has 3 rings (SSSR count). The number of fused-ring (bicyclic) bond motifs is 1. The van der Waals surface area contributed by atoms with Crippen LogP contribution < -0.4 is 10.3 Å². The van der Waals surface area contributed by atoms with Gasteiger partial charge in [-0.1, -0.05) is 17.7 Å². The normalized spacial score (nSPS) is 12.4. The molecular formula is C16H13BF3NO5S. The van der Waals surface area contributed by atoms with Crippen LogP contribution in [0.5, 0.6) is 5.75 Å². The highest BCUT2D eigenvalue weighted by Gasteiger charge is 2.32. The summed E-state index contributed by atoms with van der Waals surface area (Å²) in [7, 11) is -6.39.